The zero-order valence-electron chi connectivity index (χ0n) is 14.3. The Kier molecular flexibility index (Phi) is 5.82. The minimum atomic E-state index is 0.711. The van der Waals surface area contributed by atoms with E-state index in [1.165, 1.54) is 11.1 Å². The highest BCUT2D eigenvalue weighted by Crippen LogP contribution is 2.10. The van der Waals surface area contributed by atoms with Crippen molar-refractivity contribution in [3.8, 4) is 0 Å². The number of aliphatic imine (C=N–C) groups is 1. The van der Waals surface area contributed by atoms with Crippen LogP contribution in [0.4, 0.5) is 0 Å². The first-order chi connectivity index (χ1) is 12.3. The molecule has 7 heteroatoms. The summed E-state index contributed by atoms with van der Waals surface area (Å²) in [4.78, 5) is 8.32. The molecule has 0 aliphatic heterocycles. The summed E-state index contributed by atoms with van der Waals surface area (Å²) in [7, 11) is 1.78. The normalized spacial score (nSPS) is 11.5. The van der Waals surface area contributed by atoms with Crippen molar-refractivity contribution in [3.63, 3.8) is 0 Å². The van der Waals surface area contributed by atoms with Gasteiger partial charge >= 0.3 is 0 Å². The summed E-state index contributed by atoms with van der Waals surface area (Å²) in [5, 5.41) is 11.0. The van der Waals surface area contributed by atoms with Gasteiger partial charge in [-0.25, -0.2) is 4.98 Å². The van der Waals surface area contributed by atoms with Gasteiger partial charge in [-0.2, -0.15) is 5.10 Å². The van der Waals surface area contributed by atoms with Crippen LogP contribution in [0.1, 0.15) is 11.1 Å². The summed E-state index contributed by atoms with van der Waals surface area (Å²) >= 11 is 0. The first kappa shape index (κ1) is 16.8. The first-order valence-corrected chi connectivity index (χ1v) is 8.29. The van der Waals surface area contributed by atoms with Crippen molar-refractivity contribution in [2.24, 2.45) is 4.99 Å². The fraction of sp³-hybridized carbons (Fsp3) is 0.278. The number of aromatic nitrogens is 4. The molecule has 0 fully saturated rings. The lowest BCUT2D eigenvalue weighted by molar-refractivity contribution is 0.658. The van der Waals surface area contributed by atoms with E-state index in [2.05, 4.69) is 50.0 Å². The molecule has 0 bridgehead atoms. The summed E-state index contributed by atoms with van der Waals surface area (Å²) in [6.45, 7) is 3.10. The summed E-state index contributed by atoms with van der Waals surface area (Å²) < 4.78 is 3.96. The van der Waals surface area contributed by atoms with E-state index in [1.54, 1.807) is 19.4 Å². The molecule has 0 radical (unpaired) electrons. The van der Waals surface area contributed by atoms with Gasteiger partial charge in [-0.3, -0.25) is 9.67 Å². The highest BCUT2D eigenvalue weighted by atomic mass is 15.3. The fourth-order valence-corrected chi connectivity index (χ4v) is 2.57. The number of benzene rings is 1. The Balaban J connectivity index is 1.53. The first-order valence-electron chi connectivity index (χ1n) is 8.29. The summed E-state index contributed by atoms with van der Waals surface area (Å²) in [6.07, 6.45) is 9.31. The van der Waals surface area contributed by atoms with Gasteiger partial charge in [-0.1, -0.05) is 24.3 Å². The lowest BCUT2D eigenvalue weighted by Crippen LogP contribution is -2.38. The Morgan fingerprint density at radius 1 is 1.08 bits per heavy atom. The molecule has 0 amide bonds. The maximum atomic E-state index is 4.28. The topological polar surface area (TPSA) is 72.1 Å². The van der Waals surface area contributed by atoms with E-state index >= 15 is 0 Å². The van der Waals surface area contributed by atoms with Gasteiger partial charge in [0.2, 0.25) is 0 Å². The molecule has 25 heavy (non-hydrogen) atoms. The third-order valence-electron chi connectivity index (χ3n) is 3.90. The molecule has 0 saturated heterocycles. The molecular formula is C18H23N7. The third-order valence-corrected chi connectivity index (χ3v) is 3.90. The average Bonchev–Trinajstić information content (AvgIpc) is 3.33. The molecule has 0 atom stereocenters. The molecule has 0 unspecified atom stereocenters. The van der Waals surface area contributed by atoms with Gasteiger partial charge < -0.3 is 15.2 Å². The number of imidazole rings is 1. The number of guanidine groups is 1. The summed E-state index contributed by atoms with van der Waals surface area (Å²) in [5.74, 6) is 0.786. The molecule has 1 aromatic carbocycles. The van der Waals surface area contributed by atoms with Crippen LogP contribution in [-0.4, -0.2) is 38.9 Å². The maximum Gasteiger partial charge on any atom is 0.191 e. The van der Waals surface area contributed by atoms with Crippen LogP contribution in [0.25, 0.3) is 0 Å². The van der Waals surface area contributed by atoms with Crippen LogP contribution < -0.4 is 10.6 Å². The van der Waals surface area contributed by atoms with E-state index in [9.17, 15) is 0 Å². The van der Waals surface area contributed by atoms with Crippen LogP contribution >= 0.6 is 0 Å². The molecule has 3 aromatic rings. The lowest BCUT2D eigenvalue weighted by Gasteiger charge is -2.14. The smallest absolute Gasteiger partial charge is 0.191 e. The highest BCUT2D eigenvalue weighted by molar-refractivity contribution is 5.79. The minimum Gasteiger partial charge on any atom is -0.355 e. The van der Waals surface area contributed by atoms with Crippen molar-refractivity contribution in [2.45, 2.75) is 19.6 Å². The molecule has 0 spiro atoms. The Labute approximate surface area is 147 Å². The maximum absolute atomic E-state index is 4.28. The van der Waals surface area contributed by atoms with Crippen LogP contribution in [0.2, 0.25) is 0 Å². The van der Waals surface area contributed by atoms with Crippen molar-refractivity contribution in [2.75, 3.05) is 13.6 Å². The number of nitrogens with zero attached hydrogens (tertiary/aromatic N) is 5. The Morgan fingerprint density at radius 3 is 2.68 bits per heavy atom. The molecule has 2 N–H and O–H groups in total. The van der Waals surface area contributed by atoms with Gasteiger partial charge in [0.15, 0.2) is 5.96 Å². The standard InChI is InChI=1S/C18H23N7/c1-19-18(21-9-12-24-11-8-20-15-24)22-13-16-5-2-3-6-17(16)14-25-10-4-7-23-25/h2-8,10-11,15H,9,12-14H2,1H3,(H2,19,21,22). The lowest BCUT2D eigenvalue weighted by atomic mass is 10.1. The SMILES string of the molecule is CN=C(NCCn1ccnc1)NCc1ccccc1Cn1cccn1. The molecule has 0 saturated carbocycles. The summed E-state index contributed by atoms with van der Waals surface area (Å²) in [6, 6.07) is 10.3. The van der Waals surface area contributed by atoms with Crippen LogP contribution in [-0.2, 0) is 19.6 Å². The van der Waals surface area contributed by atoms with Crippen LogP contribution in [0.3, 0.4) is 0 Å². The van der Waals surface area contributed by atoms with Crippen molar-refractivity contribution < 1.29 is 0 Å². The van der Waals surface area contributed by atoms with Crippen molar-refractivity contribution >= 4 is 5.96 Å². The predicted octanol–water partition coefficient (Wildman–Crippen LogP) is 1.49. The molecule has 130 valence electrons. The monoisotopic (exact) mass is 337 g/mol. The number of rotatable bonds is 7. The number of hydrogen-bond donors (Lipinski definition) is 2. The molecule has 3 rings (SSSR count). The van der Waals surface area contributed by atoms with Crippen LogP contribution in [0.5, 0.6) is 0 Å². The second-order valence-electron chi connectivity index (χ2n) is 5.63. The van der Waals surface area contributed by atoms with Crippen LogP contribution in [0, 0.1) is 0 Å². The molecule has 2 heterocycles. The second-order valence-corrected chi connectivity index (χ2v) is 5.63. The summed E-state index contributed by atoms with van der Waals surface area (Å²) in [5.41, 5.74) is 2.48. The molecule has 2 aromatic heterocycles. The van der Waals surface area contributed by atoms with Gasteiger partial charge in [-0.15, -0.1) is 0 Å². The van der Waals surface area contributed by atoms with E-state index in [1.807, 2.05) is 34.0 Å². The minimum absolute atomic E-state index is 0.711. The highest BCUT2D eigenvalue weighted by Gasteiger charge is 2.04. The Morgan fingerprint density at radius 2 is 1.96 bits per heavy atom. The Bertz CT molecular complexity index is 776. The van der Waals surface area contributed by atoms with E-state index in [0.717, 1.165) is 25.6 Å². The van der Waals surface area contributed by atoms with Gasteiger partial charge in [0.1, 0.15) is 0 Å². The van der Waals surface area contributed by atoms with E-state index in [0.29, 0.717) is 6.54 Å². The van der Waals surface area contributed by atoms with E-state index < -0.39 is 0 Å². The molecule has 0 aliphatic rings. The zero-order valence-corrected chi connectivity index (χ0v) is 14.3. The van der Waals surface area contributed by atoms with Gasteiger partial charge in [0.05, 0.1) is 12.9 Å². The third kappa shape index (κ3) is 4.94. The van der Waals surface area contributed by atoms with Gasteiger partial charge in [0.25, 0.3) is 0 Å². The van der Waals surface area contributed by atoms with Gasteiger partial charge in [-0.05, 0) is 17.2 Å². The number of hydrogen-bond acceptors (Lipinski definition) is 3. The molecule has 7 nitrogen and oxygen atoms in total. The van der Waals surface area contributed by atoms with Crippen LogP contribution in [0.15, 0.2) is 66.4 Å². The molecule has 0 aliphatic carbocycles. The van der Waals surface area contributed by atoms with Crippen molar-refractivity contribution in [3.05, 3.63) is 72.6 Å². The zero-order chi connectivity index (χ0) is 17.3. The van der Waals surface area contributed by atoms with E-state index in [-0.39, 0.29) is 0 Å². The molecular weight excluding hydrogens is 314 g/mol. The largest absolute Gasteiger partial charge is 0.355 e. The van der Waals surface area contributed by atoms with Gasteiger partial charge in [0, 0.05) is 51.5 Å². The van der Waals surface area contributed by atoms with Crippen molar-refractivity contribution in [1.29, 1.82) is 0 Å². The number of nitrogens with one attached hydrogen (secondary N) is 2. The quantitative estimate of drug-likeness (QED) is 0.506. The fourth-order valence-electron chi connectivity index (χ4n) is 2.57. The van der Waals surface area contributed by atoms with Crippen molar-refractivity contribution in [1.82, 2.24) is 30.0 Å². The average molecular weight is 337 g/mol. The van der Waals surface area contributed by atoms with E-state index in [4.69, 9.17) is 0 Å². The second kappa shape index (κ2) is 8.68. The predicted molar refractivity (Wildman–Crippen MR) is 98.2 cm³/mol. The Hall–Kier alpha value is -3.09.